The molecule has 5 rings (SSSR count). The molecule has 1 aliphatic heterocycles. The molecule has 0 radical (unpaired) electrons. The van der Waals surface area contributed by atoms with Crippen LogP contribution in [-0.2, 0) is 14.6 Å². The highest BCUT2D eigenvalue weighted by atomic mass is 32.2. The minimum absolute atomic E-state index is 0.0328. The van der Waals surface area contributed by atoms with Crippen molar-refractivity contribution >= 4 is 32.6 Å². The number of carbonyl (C=O) groups excluding carboxylic acids is 1. The fourth-order valence-corrected chi connectivity index (χ4v) is 6.07. The Labute approximate surface area is 249 Å². The molecule has 0 N–H and O–H groups in total. The molecule has 3 aromatic heterocycles. The predicted octanol–water partition coefficient (Wildman–Crippen LogP) is 3.53. The third-order valence-corrected chi connectivity index (χ3v) is 8.23. The number of alkyl halides is 1. The summed E-state index contributed by atoms with van der Waals surface area (Å²) in [6.07, 6.45) is 4.34. The maximum absolute atomic E-state index is 15.7. The van der Waals surface area contributed by atoms with Gasteiger partial charge in [-0.2, -0.15) is 4.98 Å². The van der Waals surface area contributed by atoms with Gasteiger partial charge in [0.15, 0.2) is 26.3 Å². The molecule has 1 fully saturated rings. The first-order valence-electron chi connectivity index (χ1n) is 13.3. The van der Waals surface area contributed by atoms with Gasteiger partial charge in [0.05, 0.1) is 16.6 Å². The van der Waals surface area contributed by atoms with Gasteiger partial charge in [0.2, 0.25) is 5.91 Å². The van der Waals surface area contributed by atoms with Gasteiger partial charge >= 0.3 is 5.69 Å². The molecule has 1 amide bonds. The Morgan fingerprint density at radius 3 is 2.43 bits per heavy atom. The number of pyridine rings is 2. The molecular weight excluding hydrogens is 604 g/mol. The van der Waals surface area contributed by atoms with Gasteiger partial charge in [-0.15, -0.1) is 0 Å². The van der Waals surface area contributed by atoms with Gasteiger partial charge in [0.25, 0.3) is 0 Å². The Morgan fingerprint density at radius 2 is 1.80 bits per heavy atom. The number of fused-ring (bicyclic) bond motifs is 1. The van der Waals surface area contributed by atoms with Crippen LogP contribution in [0.3, 0.4) is 0 Å². The number of aryl methyl sites for hydroxylation is 1. The van der Waals surface area contributed by atoms with Crippen LogP contribution in [0.4, 0.5) is 23.4 Å². The summed E-state index contributed by atoms with van der Waals surface area (Å²) in [6.45, 7) is 2.89. The molecule has 0 aliphatic carbocycles. The van der Waals surface area contributed by atoms with E-state index < -0.39 is 67.9 Å². The zero-order chi connectivity index (χ0) is 31.9. The monoisotopic (exact) mass is 630 g/mol. The van der Waals surface area contributed by atoms with Gasteiger partial charge in [-0.1, -0.05) is 6.07 Å². The van der Waals surface area contributed by atoms with E-state index in [0.29, 0.717) is 0 Å². The lowest BCUT2D eigenvalue weighted by molar-refractivity contribution is -0.126. The van der Waals surface area contributed by atoms with Crippen molar-refractivity contribution in [2.45, 2.75) is 24.9 Å². The van der Waals surface area contributed by atoms with Crippen LogP contribution in [0.15, 0.2) is 58.5 Å². The quantitative estimate of drug-likeness (QED) is 0.235. The lowest BCUT2D eigenvalue weighted by atomic mass is 10.1. The Balaban J connectivity index is 1.80. The third-order valence-electron chi connectivity index (χ3n) is 7.23. The molecule has 1 atom stereocenters. The van der Waals surface area contributed by atoms with E-state index in [1.807, 2.05) is 0 Å². The van der Waals surface area contributed by atoms with E-state index in [1.54, 1.807) is 11.8 Å². The number of benzene rings is 1. The normalized spacial score (nSPS) is 15.8. The van der Waals surface area contributed by atoms with Crippen LogP contribution in [-0.4, -0.2) is 77.4 Å². The molecule has 1 aromatic carbocycles. The van der Waals surface area contributed by atoms with Crippen LogP contribution in [0.25, 0.3) is 28.0 Å². The number of allylic oxidation sites excluding steroid dienone is 1. The Kier molecular flexibility index (Phi) is 8.25. The van der Waals surface area contributed by atoms with E-state index in [9.17, 15) is 31.2 Å². The number of nitrogens with zero attached hydrogens (tertiary/aromatic N) is 6. The van der Waals surface area contributed by atoms with Crippen LogP contribution in [0, 0.1) is 24.4 Å². The number of rotatable bonds is 6. The molecule has 4 heterocycles. The molecule has 44 heavy (non-hydrogen) atoms. The second kappa shape index (κ2) is 11.8. The molecule has 15 heteroatoms. The smallest absolute Gasteiger partial charge is 0.350 e. The van der Waals surface area contributed by atoms with Crippen molar-refractivity contribution in [3.05, 3.63) is 82.2 Å². The second-order valence-corrected chi connectivity index (χ2v) is 12.2. The van der Waals surface area contributed by atoms with Gasteiger partial charge in [-0.05, 0) is 49.8 Å². The van der Waals surface area contributed by atoms with Crippen LogP contribution in [0.2, 0.25) is 0 Å². The van der Waals surface area contributed by atoms with E-state index in [0.717, 1.165) is 47.2 Å². The summed E-state index contributed by atoms with van der Waals surface area (Å²) in [7, 11) is -4.03. The molecule has 1 aliphatic rings. The first kappa shape index (κ1) is 30.8. The second-order valence-electron chi connectivity index (χ2n) is 10.3. The third kappa shape index (κ3) is 5.54. The molecule has 1 saturated heterocycles. The topological polar surface area (TPSA) is 118 Å². The number of halogens is 4. The summed E-state index contributed by atoms with van der Waals surface area (Å²) in [4.78, 5) is 41.8. The molecule has 0 bridgehead atoms. The number of piperazine rings is 1. The van der Waals surface area contributed by atoms with E-state index in [-0.39, 0.29) is 47.7 Å². The summed E-state index contributed by atoms with van der Waals surface area (Å²) in [5.41, 5.74) is -2.78. The fourth-order valence-electron chi connectivity index (χ4n) is 5.22. The summed E-state index contributed by atoms with van der Waals surface area (Å²) in [6, 6.07) is 4.85. The zero-order valence-electron chi connectivity index (χ0n) is 23.8. The van der Waals surface area contributed by atoms with Gasteiger partial charge in [-0.25, -0.2) is 45.3 Å². The number of aromatic nitrogens is 4. The Bertz CT molecular complexity index is 1980. The lowest BCUT2D eigenvalue weighted by Crippen LogP contribution is -2.54. The van der Waals surface area contributed by atoms with Crippen LogP contribution in [0.5, 0.6) is 0 Å². The first-order valence-corrected chi connectivity index (χ1v) is 15.2. The SMILES string of the molecule is Cc1ccnc(S(C)(=O)=O)c1-n1c(=O)nc(N2CCN(C(=O)/C=C/CF)C[C@@H]2C)c2cc(F)c(-c3c(F)cccc3F)nc21. The molecular formula is C29H26F4N6O4S. The molecule has 4 aromatic rings. The highest BCUT2D eigenvalue weighted by molar-refractivity contribution is 7.90. The van der Waals surface area contributed by atoms with Crippen LogP contribution >= 0.6 is 0 Å². The average molecular weight is 631 g/mol. The number of amides is 1. The van der Waals surface area contributed by atoms with Crippen molar-refractivity contribution in [3.63, 3.8) is 0 Å². The maximum Gasteiger partial charge on any atom is 0.355 e. The van der Waals surface area contributed by atoms with Crippen molar-refractivity contribution < 1.29 is 30.8 Å². The summed E-state index contributed by atoms with van der Waals surface area (Å²) >= 11 is 0. The minimum atomic E-state index is -4.03. The summed E-state index contributed by atoms with van der Waals surface area (Å²) in [5.74, 6) is -3.78. The van der Waals surface area contributed by atoms with Gasteiger partial charge in [0, 0.05) is 44.2 Å². The van der Waals surface area contributed by atoms with E-state index in [2.05, 4.69) is 15.0 Å². The number of hydrogen-bond donors (Lipinski definition) is 0. The summed E-state index contributed by atoms with van der Waals surface area (Å²) < 4.78 is 84.2. The van der Waals surface area contributed by atoms with E-state index >= 15 is 4.39 Å². The largest absolute Gasteiger partial charge is 0.355 e. The number of hydrogen-bond acceptors (Lipinski definition) is 8. The maximum atomic E-state index is 15.7. The minimum Gasteiger partial charge on any atom is -0.350 e. The standard InChI is InChI=1S/C29H26F4N6O4S/c1-16-9-11-34-28(44(3,42)43)25(16)39-27-18(14-21(33)24(35-27)23-19(31)6-4-7-20(23)32)26(36-29(39)41)38-13-12-37(15-17(38)2)22(40)8-5-10-30/h4-9,11,14,17H,10,12-13,15H2,1-3H3/b8-5+/t17-/m0/s1. The number of sulfone groups is 1. The van der Waals surface area contributed by atoms with Crippen molar-refractivity contribution in [3.8, 4) is 16.9 Å². The van der Waals surface area contributed by atoms with E-state index in [4.69, 9.17) is 0 Å². The zero-order valence-corrected chi connectivity index (χ0v) is 24.6. The first-order chi connectivity index (χ1) is 20.8. The lowest BCUT2D eigenvalue weighted by Gasteiger charge is -2.40. The Hall–Kier alpha value is -4.66. The molecule has 0 spiro atoms. The van der Waals surface area contributed by atoms with Gasteiger partial charge < -0.3 is 9.80 Å². The molecule has 0 unspecified atom stereocenters. The molecule has 10 nitrogen and oxygen atoms in total. The number of carbonyl (C=O) groups is 1. The fraction of sp³-hybridized carbons (Fsp3) is 0.276. The van der Waals surface area contributed by atoms with Crippen molar-refractivity contribution in [1.82, 2.24) is 24.4 Å². The highest BCUT2D eigenvalue weighted by Crippen LogP contribution is 2.34. The molecule has 0 saturated carbocycles. The summed E-state index contributed by atoms with van der Waals surface area (Å²) in [5, 5.41) is -0.545. The van der Waals surface area contributed by atoms with Crippen LogP contribution < -0.4 is 10.6 Å². The van der Waals surface area contributed by atoms with Crippen molar-refractivity contribution in [2.24, 2.45) is 0 Å². The predicted molar refractivity (Wildman–Crippen MR) is 155 cm³/mol. The van der Waals surface area contributed by atoms with Crippen LogP contribution in [0.1, 0.15) is 12.5 Å². The van der Waals surface area contributed by atoms with Crippen molar-refractivity contribution in [2.75, 3.05) is 37.5 Å². The van der Waals surface area contributed by atoms with E-state index in [1.165, 1.54) is 24.1 Å². The average Bonchev–Trinajstić information content (AvgIpc) is 2.96. The van der Waals surface area contributed by atoms with Crippen molar-refractivity contribution in [1.29, 1.82) is 0 Å². The molecule has 230 valence electrons. The highest BCUT2D eigenvalue weighted by Gasteiger charge is 2.31. The van der Waals surface area contributed by atoms with Gasteiger partial charge in [0.1, 0.15) is 29.8 Å². The number of anilines is 1. The Morgan fingerprint density at radius 1 is 1.09 bits per heavy atom. The van der Waals surface area contributed by atoms with Gasteiger partial charge in [-0.3, -0.25) is 4.79 Å².